The van der Waals surface area contributed by atoms with Gasteiger partial charge in [-0.3, -0.25) is 0 Å². The second-order valence-corrected chi connectivity index (χ2v) is 6.37. The van der Waals surface area contributed by atoms with E-state index in [1.54, 1.807) is 11.3 Å². The number of rotatable bonds is 5. The molecule has 1 aromatic carbocycles. The molecule has 2 rings (SSSR count). The van der Waals surface area contributed by atoms with Gasteiger partial charge in [-0.2, -0.15) is 0 Å². The Bertz CT molecular complexity index is 489. The first kappa shape index (κ1) is 13.6. The quantitative estimate of drug-likeness (QED) is 0.862. The van der Waals surface area contributed by atoms with E-state index in [0.29, 0.717) is 5.92 Å². The lowest BCUT2D eigenvalue weighted by Crippen LogP contribution is -2.18. The highest BCUT2D eigenvalue weighted by atomic mass is 35.5. The molecule has 0 fully saturated rings. The predicted molar refractivity (Wildman–Crippen MR) is 80.9 cm³/mol. The topological polar surface area (TPSA) is 12.0 Å². The van der Waals surface area contributed by atoms with Gasteiger partial charge in [0.2, 0.25) is 0 Å². The molecular formula is C15H18ClNS. The number of benzene rings is 1. The fraction of sp³-hybridized carbons (Fsp3) is 0.333. The van der Waals surface area contributed by atoms with Gasteiger partial charge in [0, 0.05) is 17.3 Å². The molecule has 1 unspecified atom stereocenters. The highest BCUT2D eigenvalue weighted by Crippen LogP contribution is 2.27. The fourth-order valence-corrected chi connectivity index (χ4v) is 3.26. The third-order valence-electron chi connectivity index (χ3n) is 3.08. The molecule has 1 heterocycles. The van der Waals surface area contributed by atoms with Crippen molar-refractivity contribution in [3.05, 3.63) is 56.7 Å². The van der Waals surface area contributed by atoms with Crippen LogP contribution >= 0.6 is 22.9 Å². The third kappa shape index (κ3) is 3.58. The Morgan fingerprint density at radius 2 is 1.89 bits per heavy atom. The lowest BCUT2D eigenvalue weighted by atomic mass is 9.94. The predicted octanol–water partition coefficient (Wildman–Crippen LogP) is 4.26. The average Bonchev–Trinajstić information content (AvgIpc) is 2.75. The van der Waals surface area contributed by atoms with Crippen molar-refractivity contribution in [2.45, 2.75) is 19.3 Å². The van der Waals surface area contributed by atoms with E-state index in [9.17, 15) is 0 Å². The molecule has 1 aromatic heterocycles. The molecule has 0 amide bonds. The Morgan fingerprint density at radius 3 is 2.44 bits per heavy atom. The maximum Gasteiger partial charge on any atom is 0.0931 e. The molecule has 1 atom stereocenters. The average molecular weight is 280 g/mol. The monoisotopic (exact) mass is 279 g/mol. The second-order valence-electron chi connectivity index (χ2n) is 4.58. The van der Waals surface area contributed by atoms with Gasteiger partial charge < -0.3 is 5.32 Å². The summed E-state index contributed by atoms with van der Waals surface area (Å²) in [4.78, 5) is 1.35. The molecule has 3 heteroatoms. The van der Waals surface area contributed by atoms with Crippen molar-refractivity contribution in [2.24, 2.45) is 0 Å². The zero-order valence-electron chi connectivity index (χ0n) is 10.7. The highest BCUT2D eigenvalue weighted by molar-refractivity contribution is 7.16. The molecule has 96 valence electrons. The standard InChI is InChI=1S/C15H18ClNS/c1-11-3-5-12(6-4-11)13(10-17-2)9-14-7-8-15(16)18-14/h3-8,13,17H,9-10H2,1-2H3. The molecule has 0 aliphatic carbocycles. The minimum atomic E-state index is 0.505. The lowest BCUT2D eigenvalue weighted by molar-refractivity contribution is 0.630. The number of hydrogen-bond donors (Lipinski definition) is 1. The summed E-state index contributed by atoms with van der Waals surface area (Å²) < 4.78 is 0.872. The first-order valence-corrected chi connectivity index (χ1v) is 7.34. The smallest absolute Gasteiger partial charge is 0.0931 e. The second kappa shape index (κ2) is 6.37. The summed E-state index contributed by atoms with van der Waals surface area (Å²) in [5.41, 5.74) is 2.69. The van der Waals surface area contributed by atoms with Crippen LogP contribution in [-0.4, -0.2) is 13.6 Å². The van der Waals surface area contributed by atoms with Gasteiger partial charge in [0.05, 0.1) is 4.34 Å². The van der Waals surface area contributed by atoms with Crippen molar-refractivity contribution < 1.29 is 0 Å². The van der Waals surface area contributed by atoms with Gasteiger partial charge in [0.25, 0.3) is 0 Å². The molecule has 0 spiro atoms. The molecule has 0 bridgehead atoms. The first-order valence-electron chi connectivity index (χ1n) is 6.14. The maximum atomic E-state index is 5.99. The van der Waals surface area contributed by atoms with E-state index in [4.69, 9.17) is 11.6 Å². The van der Waals surface area contributed by atoms with E-state index in [-0.39, 0.29) is 0 Å². The van der Waals surface area contributed by atoms with Crippen LogP contribution < -0.4 is 5.32 Å². The lowest BCUT2D eigenvalue weighted by Gasteiger charge is -2.16. The molecule has 0 aliphatic rings. The molecule has 1 nitrogen and oxygen atoms in total. The molecule has 0 saturated heterocycles. The van der Waals surface area contributed by atoms with Crippen LogP contribution in [-0.2, 0) is 6.42 Å². The minimum absolute atomic E-state index is 0.505. The summed E-state index contributed by atoms with van der Waals surface area (Å²) in [7, 11) is 2.00. The Balaban J connectivity index is 2.14. The number of nitrogens with one attached hydrogen (secondary N) is 1. The van der Waals surface area contributed by atoms with Crippen LogP contribution in [0.1, 0.15) is 21.9 Å². The molecular weight excluding hydrogens is 262 g/mol. The SMILES string of the molecule is CNCC(Cc1ccc(Cl)s1)c1ccc(C)cc1. The Kier molecular flexibility index (Phi) is 4.81. The van der Waals surface area contributed by atoms with Gasteiger partial charge in [-0.15, -0.1) is 11.3 Å². The number of aryl methyl sites for hydroxylation is 1. The van der Waals surface area contributed by atoms with Crippen LogP contribution in [0.5, 0.6) is 0 Å². The van der Waals surface area contributed by atoms with E-state index in [1.807, 2.05) is 13.1 Å². The summed E-state index contributed by atoms with van der Waals surface area (Å²) in [6.07, 6.45) is 1.04. The molecule has 18 heavy (non-hydrogen) atoms. The van der Waals surface area contributed by atoms with Crippen molar-refractivity contribution in [2.75, 3.05) is 13.6 Å². The summed E-state index contributed by atoms with van der Waals surface area (Å²) >= 11 is 7.67. The van der Waals surface area contributed by atoms with Crippen LogP contribution in [0.2, 0.25) is 4.34 Å². The van der Waals surface area contributed by atoms with Crippen molar-refractivity contribution in [3.8, 4) is 0 Å². The van der Waals surface area contributed by atoms with Crippen LogP contribution in [0.15, 0.2) is 36.4 Å². The fourth-order valence-electron chi connectivity index (χ4n) is 2.10. The van der Waals surface area contributed by atoms with E-state index in [1.165, 1.54) is 16.0 Å². The van der Waals surface area contributed by atoms with Gasteiger partial charge in [-0.05, 0) is 38.1 Å². The molecule has 2 aromatic rings. The van der Waals surface area contributed by atoms with Crippen molar-refractivity contribution >= 4 is 22.9 Å². The molecule has 0 radical (unpaired) electrons. The van der Waals surface area contributed by atoms with Crippen LogP contribution in [0.3, 0.4) is 0 Å². The zero-order chi connectivity index (χ0) is 13.0. The van der Waals surface area contributed by atoms with E-state index in [2.05, 4.69) is 42.6 Å². The van der Waals surface area contributed by atoms with Gasteiger partial charge in [-0.1, -0.05) is 41.4 Å². The maximum absolute atomic E-state index is 5.99. The summed E-state index contributed by atoms with van der Waals surface area (Å²) in [5, 5.41) is 3.28. The van der Waals surface area contributed by atoms with Gasteiger partial charge in [0.1, 0.15) is 0 Å². The molecule has 0 aliphatic heterocycles. The van der Waals surface area contributed by atoms with Crippen LogP contribution in [0.25, 0.3) is 0 Å². The van der Waals surface area contributed by atoms with Crippen molar-refractivity contribution in [1.29, 1.82) is 0 Å². The van der Waals surface area contributed by atoms with E-state index in [0.717, 1.165) is 17.3 Å². The number of thiophene rings is 1. The Morgan fingerprint density at radius 1 is 1.17 bits per heavy atom. The third-order valence-corrected chi connectivity index (χ3v) is 4.33. The van der Waals surface area contributed by atoms with Crippen LogP contribution in [0.4, 0.5) is 0 Å². The van der Waals surface area contributed by atoms with Crippen molar-refractivity contribution in [3.63, 3.8) is 0 Å². The van der Waals surface area contributed by atoms with Crippen molar-refractivity contribution in [1.82, 2.24) is 5.32 Å². The van der Waals surface area contributed by atoms with Crippen LogP contribution in [0, 0.1) is 6.92 Å². The number of hydrogen-bond acceptors (Lipinski definition) is 2. The largest absolute Gasteiger partial charge is 0.319 e. The molecule has 1 N–H and O–H groups in total. The number of likely N-dealkylation sites (N-methyl/N-ethyl adjacent to an activating group) is 1. The Labute approximate surface area is 118 Å². The summed E-state index contributed by atoms with van der Waals surface area (Å²) in [6.45, 7) is 3.11. The van der Waals surface area contributed by atoms with E-state index < -0.39 is 0 Å². The molecule has 0 saturated carbocycles. The van der Waals surface area contributed by atoms with E-state index >= 15 is 0 Å². The summed E-state index contributed by atoms with van der Waals surface area (Å²) in [6, 6.07) is 12.9. The zero-order valence-corrected chi connectivity index (χ0v) is 12.3. The normalized spacial score (nSPS) is 12.6. The highest BCUT2D eigenvalue weighted by Gasteiger charge is 2.12. The Hall–Kier alpha value is -0.830. The number of halogens is 1. The minimum Gasteiger partial charge on any atom is -0.319 e. The summed E-state index contributed by atoms with van der Waals surface area (Å²) in [5.74, 6) is 0.505. The van der Waals surface area contributed by atoms with Gasteiger partial charge >= 0.3 is 0 Å². The van der Waals surface area contributed by atoms with Gasteiger partial charge in [0.15, 0.2) is 0 Å². The van der Waals surface area contributed by atoms with Gasteiger partial charge in [-0.25, -0.2) is 0 Å². The first-order chi connectivity index (χ1) is 8.69.